The molecule has 0 unspecified atom stereocenters. The summed E-state index contributed by atoms with van der Waals surface area (Å²) < 4.78 is 5.76. The second-order valence-corrected chi connectivity index (χ2v) is 5.67. The second kappa shape index (κ2) is 6.78. The van der Waals surface area contributed by atoms with Gasteiger partial charge in [0.15, 0.2) is 0 Å². The van der Waals surface area contributed by atoms with Crippen LogP contribution in [0.4, 0.5) is 0 Å². The molecule has 8 heteroatoms. The van der Waals surface area contributed by atoms with Crippen molar-refractivity contribution in [2.24, 2.45) is 0 Å². The number of pyridine rings is 1. The number of nitrogens with zero attached hydrogens (tertiary/aromatic N) is 3. The standard InChI is InChI=1S/C15H15ClN4O3/c16-12-7-10(8-17-14(12)21)15(22)20-6-2-3-11(9-20)23-13-4-1-5-18-19-13/h1,4-5,7-8,11H,2-3,6,9H2,(H,17,21)/t11-/m0/s1. The van der Waals surface area contributed by atoms with Gasteiger partial charge in [-0.25, -0.2) is 0 Å². The predicted molar refractivity (Wildman–Crippen MR) is 83.7 cm³/mol. The molecule has 0 aliphatic carbocycles. The van der Waals surface area contributed by atoms with E-state index in [9.17, 15) is 9.59 Å². The number of ether oxygens (including phenoxy) is 1. The van der Waals surface area contributed by atoms with Gasteiger partial charge in [-0.3, -0.25) is 9.59 Å². The molecule has 1 amide bonds. The van der Waals surface area contributed by atoms with Crippen LogP contribution in [0.15, 0.2) is 35.4 Å². The SMILES string of the molecule is O=C(c1c[nH]c(=O)c(Cl)c1)N1CCC[C@H](Oc2cccnn2)C1. The van der Waals surface area contributed by atoms with Crippen LogP contribution >= 0.6 is 11.6 Å². The van der Waals surface area contributed by atoms with Gasteiger partial charge in [-0.05, 0) is 25.0 Å². The normalized spacial score (nSPS) is 17.8. The first-order valence-electron chi connectivity index (χ1n) is 7.25. The smallest absolute Gasteiger partial charge is 0.266 e. The molecule has 0 aromatic carbocycles. The first-order chi connectivity index (χ1) is 11.1. The van der Waals surface area contributed by atoms with Crippen LogP contribution < -0.4 is 10.3 Å². The number of aromatic amines is 1. The third kappa shape index (κ3) is 3.68. The number of hydrogen-bond acceptors (Lipinski definition) is 5. The summed E-state index contributed by atoms with van der Waals surface area (Å²) in [4.78, 5) is 27.9. The minimum atomic E-state index is -0.411. The molecular formula is C15H15ClN4O3. The van der Waals surface area contributed by atoms with Crippen molar-refractivity contribution in [1.29, 1.82) is 0 Å². The van der Waals surface area contributed by atoms with Crippen molar-refractivity contribution in [1.82, 2.24) is 20.1 Å². The first-order valence-corrected chi connectivity index (χ1v) is 7.63. The van der Waals surface area contributed by atoms with E-state index in [-0.39, 0.29) is 17.0 Å². The van der Waals surface area contributed by atoms with Crippen LogP contribution in [-0.4, -0.2) is 45.2 Å². The van der Waals surface area contributed by atoms with Crippen molar-refractivity contribution >= 4 is 17.5 Å². The molecule has 3 heterocycles. The van der Waals surface area contributed by atoms with Crippen LogP contribution in [0.5, 0.6) is 5.88 Å². The molecule has 23 heavy (non-hydrogen) atoms. The number of rotatable bonds is 3. The Kier molecular flexibility index (Phi) is 4.57. The van der Waals surface area contributed by atoms with E-state index in [4.69, 9.17) is 16.3 Å². The average Bonchev–Trinajstić information content (AvgIpc) is 2.58. The monoisotopic (exact) mass is 334 g/mol. The third-order valence-corrected chi connectivity index (χ3v) is 3.89. The van der Waals surface area contributed by atoms with Crippen LogP contribution in [0, 0.1) is 0 Å². The van der Waals surface area contributed by atoms with E-state index in [1.165, 1.54) is 12.3 Å². The van der Waals surface area contributed by atoms with Gasteiger partial charge in [-0.15, -0.1) is 5.10 Å². The summed E-state index contributed by atoms with van der Waals surface area (Å²) in [5.41, 5.74) is -0.0551. The van der Waals surface area contributed by atoms with E-state index in [2.05, 4.69) is 15.2 Å². The van der Waals surface area contributed by atoms with E-state index >= 15 is 0 Å². The zero-order valence-electron chi connectivity index (χ0n) is 12.2. The van der Waals surface area contributed by atoms with Gasteiger partial charge in [0.2, 0.25) is 5.88 Å². The van der Waals surface area contributed by atoms with Gasteiger partial charge >= 0.3 is 0 Å². The molecule has 0 radical (unpaired) electrons. The van der Waals surface area contributed by atoms with E-state index in [0.29, 0.717) is 24.5 Å². The fraction of sp³-hybridized carbons (Fsp3) is 0.333. The second-order valence-electron chi connectivity index (χ2n) is 5.26. The van der Waals surface area contributed by atoms with Gasteiger partial charge in [-0.1, -0.05) is 11.6 Å². The van der Waals surface area contributed by atoms with Crippen molar-refractivity contribution in [3.8, 4) is 5.88 Å². The van der Waals surface area contributed by atoms with Gasteiger partial charge in [0, 0.05) is 25.0 Å². The van der Waals surface area contributed by atoms with Crippen LogP contribution in [0.3, 0.4) is 0 Å². The van der Waals surface area contributed by atoms with Crippen LogP contribution in [0.2, 0.25) is 5.02 Å². The minimum absolute atomic E-state index is 0.000203. The molecule has 2 aromatic rings. The number of halogens is 1. The predicted octanol–water partition coefficient (Wildman–Crippen LogP) is 1.50. The lowest BCUT2D eigenvalue weighted by Gasteiger charge is -2.32. The number of aromatic nitrogens is 3. The minimum Gasteiger partial charge on any atom is -0.471 e. The summed E-state index contributed by atoms with van der Waals surface area (Å²) >= 11 is 5.78. The highest BCUT2D eigenvalue weighted by atomic mass is 35.5. The fourth-order valence-electron chi connectivity index (χ4n) is 2.50. The molecule has 0 saturated carbocycles. The number of nitrogens with one attached hydrogen (secondary N) is 1. The van der Waals surface area contributed by atoms with E-state index in [1.807, 2.05) is 0 Å². The Morgan fingerprint density at radius 1 is 1.48 bits per heavy atom. The van der Waals surface area contributed by atoms with Crippen molar-refractivity contribution in [2.45, 2.75) is 18.9 Å². The van der Waals surface area contributed by atoms with E-state index < -0.39 is 5.56 Å². The highest BCUT2D eigenvalue weighted by Crippen LogP contribution is 2.18. The number of likely N-dealkylation sites (tertiary alicyclic amines) is 1. The molecule has 1 N–H and O–H groups in total. The summed E-state index contributed by atoms with van der Waals surface area (Å²) in [6.07, 6.45) is 4.48. The number of H-pyrrole nitrogens is 1. The maximum Gasteiger partial charge on any atom is 0.266 e. The molecule has 7 nitrogen and oxygen atoms in total. The Balaban J connectivity index is 1.69. The molecule has 3 rings (SSSR count). The summed E-state index contributed by atoms with van der Waals surface area (Å²) in [6.45, 7) is 1.09. The molecule has 120 valence electrons. The van der Waals surface area contributed by atoms with Gasteiger partial charge in [0.05, 0.1) is 12.1 Å². The lowest BCUT2D eigenvalue weighted by molar-refractivity contribution is 0.0525. The summed E-state index contributed by atoms with van der Waals surface area (Å²) in [6, 6.07) is 4.86. The topological polar surface area (TPSA) is 88.2 Å². The van der Waals surface area contributed by atoms with Crippen molar-refractivity contribution in [2.75, 3.05) is 13.1 Å². The number of carbonyl (C=O) groups excluding carboxylic acids is 1. The number of carbonyl (C=O) groups is 1. The zero-order chi connectivity index (χ0) is 16.2. The number of hydrogen-bond donors (Lipinski definition) is 1. The van der Waals surface area contributed by atoms with Gasteiger partial charge in [0.1, 0.15) is 11.1 Å². The van der Waals surface area contributed by atoms with Crippen LogP contribution in [0.1, 0.15) is 23.2 Å². The van der Waals surface area contributed by atoms with E-state index in [0.717, 1.165) is 12.8 Å². The third-order valence-electron chi connectivity index (χ3n) is 3.61. The van der Waals surface area contributed by atoms with Crippen LogP contribution in [-0.2, 0) is 0 Å². The molecule has 1 atom stereocenters. The van der Waals surface area contributed by atoms with E-state index in [1.54, 1.807) is 23.2 Å². The Morgan fingerprint density at radius 3 is 3.09 bits per heavy atom. The maximum atomic E-state index is 12.5. The summed E-state index contributed by atoms with van der Waals surface area (Å²) in [5.74, 6) is 0.259. The molecule has 1 saturated heterocycles. The molecule has 2 aromatic heterocycles. The van der Waals surface area contributed by atoms with Gasteiger partial charge in [0.25, 0.3) is 11.5 Å². The molecule has 0 bridgehead atoms. The first kappa shape index (κ1) is 15.5. The van der Waals surface area contributed by atoms with Gasteiger partial charge in [-0.2, -0.15) is 5.10 Å². The van der Waals surface area contributed by atoms with Crippen molar-refractivity contribution in [3.63, 3.8) is 0 Å². The summed E-state index contributed by atoms with van der Waals surface area (Å²) in [5, 5.41) is 7.66. The lowest BCUT2D eigenvalue weighted by Crippen LogP contribution is -2.44. The number of piperidine rings is 1. The molecular weight excluding hydrogens is 320 g/mol. The Bertz CT molecular complexity index is 750. The largest absolute Gasteiger partial charge is 0.471 e. The van der Waals surface area contributed by atoms with Crippen LogP contribution in [0.25, 0.3) is 0 Å². The Hall–Kier alpha value is -2.41. The van der Waals surface area contributed by atoms with Crippen molar-refractivity contribution < 1.29 is 9.53 Å². The number of amides is 1. The molecule has 1 fully saturated rings. The molecule has 1 aliphatic rings. The quantitative estimate of drug-likeness (QED) is 0.919. The average molecular weight is 335 g/mol. The highest BCUT2D eigenvalue weighted by Gasteiger charge is 2.26. The Labute approximate surface area is 137 Å². The summed E-state index contributed by atoms with van der Waals surface area (Å²) in [7, 11) is 0. The van der Waals surface area contributed by atoms with Gasteiger partial charge < -0.3 is 14.6 Å². The Morgan fingerprint density at radius 2 is 2.35 bits per heavy atom. The molecule has 0 spiro atoms. The fourth-order valence-corrected chi connectivity index (χ4v) is 2.67. The van der Waals surface area contributed by atoms with Crippen molar-refractivity contribution in [3.05, 3.63) is 51.5 Å². The maximum absolute atomic E-state index is 12.5. The highest BCUT2D eigenvalue weighted by molar-refractivity contribution is 6.30. The lowest BCUT2D eigenvalue weighted by atomic mass is 10.1. The zero-order valence-corrected chi connectivity index (χ0v) is 13.0. The molecule has 1 aliphatic heterocycles.